The van der Waals surface area contributed by atoms with Gasteiger partial charge in [0.2, 0.25) is 0 Å². The lowest BCUT2D eigenvalue weighted by Crippen LogP contribution is -2.58. The number of ether oxygens (including phenoxy) is 1. The van der Waals surface area contributed by atoms with Crippen LogP contribution in [-0.4, -0.2) is 78.8 Å². The fraction of sp³-hybridized carbons (Fsp3) is 0.467. The molecule has 2 saturated heterocycles. The van der Waals surface area contributed by atoms with Crippen LogP contribution in [0.1, 0.15) is 31.9 Å². The van der Waals surface area contributed by atoms with Crippen LogP contribution in [0, 0.1) is 11.3 Å². The molecule has 0 spiro atoms. The van der Waals surface area contributed by atoms with Gasteiger partial charge in [-0.05, 0) is 51.1 Å². The van der Waals surface area contributed by atoms with Gasteiger partial charge in [0.05, 0.1) is 17.1 Å². The second-order valence-electron chi connectivity index (χ2n) is 10.9. The number of hydrogen-bond acceptors (Lipinski definition) is 7. The highest BCUT2D eigenvalue weighted by atomic mass is 16.5. The molecule has 2 fully saturated rings. The molecule has 0 N–H and O–H groups in total. The van der Waals surface area contributed by atoms with Crippen molar-refractivity contribution >= 4 is 22.3 Å². The lowest BCUT2D eigenvalue weighted by atomic mass is 10.0. The predicted octanol–water partition coefficient (Wildman–Crippen LogP) is 4.11. The Hall–Kier alpha value is -3.34. The highest BCUT2D eigenvalue weighted by Gasteiger charge is 2.36. The Balaban J connectivity index is 1.21. The summed E-state index contributed by atoms with van der Waals surface area (Å²) in [6, 6.07) is 18.4. The summed E-state index contributed by atoms with van der Waals surface area (Å²) < 4.78 is 6.50. The molecule has 2 atom stereocenters. The molecule has 7 heteroatoms. The predicted molar refractivity (Wildman–Crippen MR) is 148 cm³/mol. The Morgan fingerprint density at radius 2 is 1.86 bits per heavy atom. The van der Waals surface area contributed by atoms with E-state index in [0.29, 0.717) is 24.3 Å². The number of piperazine rings is 2. The summed E-state index contributed by atoms with van der Waals surface area (Å²) in [5.41, 5.74) is 5.11. The molecular weight excluding hydrogens is 460 g/mol. The Morgan fingerprint density at radius 1 is 1.03 bits per heavy atom. The lowest BCUT2D eigenvalue weighted by molar-refractivity contribution is 0.0892. The van der Waals surface area contributed by atoms with Gasteiger partial charge in [-0.15, -0.1) is 0 Å². The quantitative estimate of drug-likeness (QED) is 0.541. The topological polar surface area (TPSA) is 58.9 Å². The van der Waals surface area contributed by atoms with E-state index < -0.39 is 0 Å². The van der Waals surface area contributed by atoms with Gasteiger partial charge in [0.25, 0.3) is 0 Å². The average molecular weight is 497 g/mol. The van der Waals surface area contributed by atoms with Gasteiger partial charge < -0.3 is 14.5 Å². The van der Waals surface area contributed by atoms with Gasteiger partial charge in [-0.2, -0.15) is 5.26 Å². The smallest absolute Gasteiger partial charge is 0.125 e. The summed E-state index contributed by atoms with van der Waals surface area (Å²) in [7, 11) is 0. The Labute approximate surface area is 219 Å². The van der Waals surface area contributed by atoms with E-state index in [9.17, 15) is 5.26 Å². The van der Waals surface area contributed by atoms with Gasteiger partial charge in [-0.25, -0.2) is 0 Å². The van der Waals surface area contributed by atoms with Crippen LogP contribution >= 0.6 is 0 Å². The molecule has 3 aromatic rings. The van der Waals surface area contributed by atoms with Crippen LogP contribution in [0.15, 0.2) is 48.7 Å². The number of pyridine rings is 1. The first-order chi connectivity index (χ1) is 18.0. The van der Waals surface area contributed by atoms with E-state index in [1.54, 1.807) is 6.20 Å². The molecule has 37 heavy (non-hydrogen) atoms. The number of anilines is 2. The maximum atomic E-state index is 9.55. The van der Waals surface area contributed by atoms with E-state index in [2.05, 4.69) is 81.8 Å². The second kappa shape index (κ2) is 9.85. The summed E-state index contributed by atoms with van der Waals surface area (Å²) in [6.45, 7) is 14.6. The van der Waals surface area contributed by atoms with Gasteiger partial charge in [0, 0.05) is 92.5 Å². The Bertz CT molecular complexity index is 1330. The van der Waals surface area contributed by atoms with Gasteiger partial charge in [0.1, 0.15) is 18.4 Å². The number of fused-ring (bicyclic) bond motifs is 3. The molecule has 192 valence electrons. The monoisotopic (exact) mass is 496 g/mol. The van der Waals surface area contributed by atoms with Crippen LogP contribution in [0.4, 0.5) is 11.4 Å². The first-order valence-electron chi connectivity index (χ1n) is 13.5. The molecule has 0 aliphatic carbocycles. The van der Waals surface area contributed by atoms with Crippen molar-refractivity contribution in [3.05, 3.63) is 59.8 Å². The summed E-state index contributed by atoms with van der Waals surface area (Å²) in [5, 5.41) is 10.6. The van der Waals surface area contributed by atoms with Gasteiger partial charge in [0.15, 0.2) is 0 Å². The van der Waals surface area contributed by atoms with Gasteiger partial charge in [-0.3, -0.25) is 14.8 Å². The highest BCUT2D eigenvalue weighted by molar-refractivity contribution is 5.95. The number of nitrogens with zero attached hydrogens (tertiary/aromatic N) is 6. The molecule has 3 aliphatic rings. The minimum absolute atomic E-state index is 0.288. The van der Waals surface area contributed by atoms with Crippen LogP contribution in [0.3, 0.4) is 0 Å². The van der Waals surface area contributed by atoms with Crippen molar-refractivity contribution < 1.29 is 4.74 Å². The van der Waals surface area contributed by atoms with Crippen LogP contribution < -0.4 is 14.5 Å². The summed E-state index contributed by atoms with van der Waals surface area (Å²) in [4.78, 5) is 14.6. The number of benzene rings is 2. The van der Waals surface area contributed by atoms with Gasteiger partial charge in [-0.1, -0.05) is 6.07 Å². The zero-order valence-corrected chi connectivity index (χ0v) is 22.1. The number of rotatable bonds is 3. The van der Waals surface area contributed by atoms with Gasteiger partial charge >= 0.3 is 0 Å². The maximum Gasteiger partial charge on any atom is 0.125 e. The third-order valence-corrected chi connectivity index (χ3v) is 8.40. The largest absolute Gasteiger partial charge is 0.491 e. The first kappa shape index (κ1) is 24.0. The summed E-state index contributed by atoms with van der Waals surface area (Å²) >= 11 is 0. The number of aromatic nitrogens is 1. The van der Waals surface area contributed by atoms with Crippen molar-refractivity contribution in [3.8, 4) is 11.8 Å². The van der Waals surface area contributed by atoms with E-state index in [1.165, 1.54) is 11.3 Å². The van der Waals surface area contributed by atoms with Crippen LogP contribution in [0.5, 0.6) is 5.75 Å². The number of hydrogen-bond donors (Lipinski definition) is 0. The minimum atomic E-state index is 0.288. The first-order valence-corrected chi connectivity index (χ1v) is 13.5. The van der Waals surface area contributed by atoms with Crippen LogP contribution in [0.25, 0.3) is 10.9 Å². The average Bonchev–Trinajstić information content (AvgIpc) is 3.12. The molecule has 0 radical (unpaired) electrons. The fourth-order valence-electron chi connectivity index (χ4n) is 6.26. The third-order valence-electron chi connectivity index (χ3n) is 8.40. The summed E-state index contributed by atoms with van der Waals surface area (Å²) in [5.74, 6) is 1.03. The molecule has 0 bridgehead atoms. The molecule has 6 rings (SSSR count). The molecule has 2 unspecified atom stereocenters. The van der Waals surface area contributed by atoms with Crippen molar-refractivity contribution in [3.63, 3.8) is 0 Å². The zero-order chi connectivity index (χ0) is 25.5. The molecule has 3 aliphatic heterocycles. The van der Waals surface area contributed by atoms with Crippen molar-refractivity contribution in [1.29, 1.82) is 5.26 Å². The molecule has 4 heterocycles. The Kier molecular flexibility index (Phi) is 6.39. The number of nitriles is 1. The van der Waals surface area contributed by atoms with Crippen LogP contribution in [0.2, 0.25) is 0 Å². The van der Waals surface area contributed by atoms with Crippen molar-refractivity contribution in [1.82, 2.24) is 14.8 Å². The van der Waals surface area contributed by atoms with Crippen molar-refractivity contribution in [2.75, 3.05) is 55.7 Å². The van der Waals surface area contributed by atoms with E-state index in [0.717, 1.165) is 68.2 Å². The van der Waals surface area contributed by atoms with E-state index in [-0.39, 0.29) is 6.04 Å². The van der Waals surface area contributed by atoms with E-state index >= 15 is 0 Å². The molecule has 1 aromatic heterocycles. The standard InChI is InChI=1S/C30H36N6O/c1-21(2)33-11-13-34(14-12-33)25-8-6-24-18-36-22(3)17-35(19-26(36)20-37-29(24)15-25)28-9-7-23(16-31)30-27(28)5-4-10-32-30/h4-10,15,21-22,26H,11-14,17-20H2,1-3H3. The van der Waals surface area contributed by atoms with Crippen LogP contribution in [-0.2, 0) is 6.54 Å². The highest BCUT2D eigenvalue weighted by Crippen LogP contribution is 2.35. The van der Waals surface area contributed by atoms with Crippen molar-refractivity contribution in [2.45, 2.75) is 45.4 Å². The molecule has 2 aromatic carbocycles. The zero-order valence-electron chi connectivity index (χ0n) is 22.1. The molecule has 0 saturated carbocycles. The fourth-order valence-corrected chi connectivity index (χ4v) is 6.26. The summed E-state index contributed by atoms with van der Waals surface area (Å²) in [6.07, 6.45) is 1.77. The molecule has 7 nitrogen and oxygen atoms in total. The normalized spacial score (nSPS) is 22.8. The Morgan fingerprint density at radius 3 is 2.65 bits per heavy atom. The minimum Gasteiger partial charge on any atom is -0.491 e. The van der Waals surface area contributed by atoms with Crippen molar-refractivity contribution in [2.24, 2.45) is 0 Å². The van der Waals surface area contributed by atoms with E-state index in [1.807, 2.05) is 12.1 Å². The molecule has 0 amide bonds. The molecular formula is C30H36N6O. The second-order valence-corrected chi connectivity index (χ2v) is 10.9. The maximum absolute atomic E-state index is 9.55. The van der Waals surface area contributed by atoms with E-state index in [4.69, 9.17) is 4.74 Å². The SMILES string of the molecule is CC(C)N1CCN(c2ccc3c(c2)OCC2CN(c4ccc(C#N)c5ncccc45)CC(C)N2C3)CC1. The lowest BCUT2D eigenvalue weighted by Gasteiger charge is -2.45. The third kappa shape index (κ3) is 4.49.